The van der Waals surface area contributed by atoms with Crippen LogP contribution in [0.3, 0.4) is 0 Å². The molecule has 0 aliphatic heterocycles. The van der Waals surface area contributed by atoms with Gasteiger partial charge < -0.3 is 10.6 Å². The fourth-order valence-corrected chi connectivity index (χ4v) is 2.35. The number of nitrogens with zero attached hydrogens (tertiary/aromatic N) is 2. The lowest BCUT2D eigenvalue weighted by molar-refractivity contribution is 0.646. The van der Waals surface area contributed by atoms with Gasteiger partial charge in [-0.2, -0.15) is 0 Å². The fourth-order valence-electron chi connectivity index (χ4n) is 2.35. The lowest BCUT2D eigenvalue weighted by Gasteiger charge is -2.25. The molecular formula is C13H21N3. The number of pyridine rings is 1. The molecule has 3 heteroatoms. The highest BCUT2D eigenvalue weighted by molar-refractivity contribution is 5.40. The smallest absolute Gasteiger partial charge is 0.128 e. The highest BCUT2D eigenvalue weighted by Gasteiger charge is 2.20. The largest absolute Gasteiger partial charge is 0.357 e. The van der Waals surface area contributed by atoms with Gasteiger partial charge in [0.05, 0.1) is 0 Å². The molecule has 0 unspecified atom stereocenters. The summed E-state index contributed by atoms with van der Waals surface area (Å²) in [4.78, 5) is 6.79. The number of anilines is 1. The van der Waals surface area contributed by atoms with Gasteiger partial charge in [-0.05, 0) is 31.4 Å². The highest BCUT2D eigenvalue weighted by Crippen LogP contribution is 2.26. The Kier molecular flexibility index (Phi) is 3.44. The Hall–Kier alpha value is -1.09. The lowest BCUT2D eigenvalue weighted by Crippen LogP contribution is -2.29. The third kappa shape index (κ3) is 2.35. The maximum atomic E-state index is 5.81. The van der Waals surface area contributed by atoms with E-state index in [9.17, 15) is 0 Å². The molecule has 0 spiro atoms. The molecule has 2 rings (SSSR count). The molecule has 0 bridgehead atoms. The summed E-state index contributed by atoms with van der Waals surface area (Å²) in [6, 6.07) is 4.90. The molecule has 0 amide bonds. The number of hydrogen-bond donors (Lipinski definition) is 1. The molecule has 0 aromatic carbocycles. The number of nitrogens with two attached hydrogens (primary N) is 1. The van der Waals surface area contributed by atoms with Crippen LogP contribution in [0.4, 0.5) is 5.82 Å². The van der Waals surface area contributed by atoms with Crippen molar-refractivity contribution >= 4 is 5.82 Å². The van der Waals surface area contributed by atoms with Crippen molar-refractivity contribution in [2.24, 2.45) is 5.73 Å². The Bertz CT molecular complexity index is 326. The number of hydrogen-bond acceptors (Lipinski definition) is 3. The second-order valence-electron chi connectivity index (χ2n) is 4.79. The molecular weight excluding hydrogens is 198 g/mol. The molecule has 1 fully saturated rings. The van der Waals surface area contributed by atoms with E-state index in [2.05, 4.69) is 29.1 Å². The first-order valence-corrected chi connectivity index (χ1v) is 6.13. The van der Waals surface area contributed by atoms with Gasteiger partial charge in [-0.1, -0.05) is 18.9 Å². The van der Waals surface area contributed by atoms with Gasteiger partial charge in [0.25, 0.3) is 0 Å². The van der Waals surface area contributed by atoms with Gasteiger partial charge in [0.15, 0.2) is 0 Å². The predicted octanol–water partition coefficient (Wildman–Crippen LogP) is 2.48. The van der Waals surface area contributed by atoms with E-state index in [0.717, 1.165) is 11.4 Å². The normalized spacial score (nSPS) is 18.7. The monoisotopic (exact) mass is 219 g/mol. The number of aromatic nitrogens is 1. The van der Waals surface area contributed by atoms with Gasteiger partial charge in [0, 0.05) is 25.3 Å². The van der Waals surface area contributed by atoms with Crippen LogP contribution in [-0.4, -0.2) is 18.1 Å². The molecule has 2 N–H and O–H groups in total. The van der Waals surface area contributed by atoms with Crippen molar-refractivity contribution in [3.8, 4) is 0 Å². The van der Waals surface area contributed by atoms with Crippen LogP contribution in [0.5, 0.6) is 0 Å². The van der Waals surface area contributed by atoms with E-state index in [1.54, 1.807) is 0 Å². The molecule has 1 aromatic rings. The zero-order valence-corrected chi connectivity index (χ0v) is 10.2. The van der Waals surface area contributed by atoms with E-state index >= 15 is 0 Å². The maximum Gasteiger partial charge on any atom is 0.128 e. The second-order valence-corrected chi connectivity index (χ2v) is 4.79. The SMILES string of the molecule is C[C@@H](N)c1ccc(N(C)C2CCCC2)nc1. The topological polar surface area (TPSA) is 42.1 Å². The first-order chi connectivity index (χ1) is 7.68. The van der Waals surface area contributed by atoms with Crippen LogP contribution in [0.25, 0.3) is 0 Å². The summed E-state index contributed by atoms with van der Waals surface area (Å²) >= 11 is 0. The van der Waals surface area contributed by atoms with E-state index < -0.39 is 0 Å². The summed E-state index contributed by atoms with van der Waals surface area (Å²) in [5.74, 6) is 1.07. The summed E-state index contributed by atoms with van der Waals surface area (Å²) < 4.78 is 0. The Morgan fingerprint density at radius 3 is 2.56 bits per heavy atom. The van der Waals surface area contributed by atoms with Crippen molar-refractivity contribution in [1.29, 1.82) is 0 Å². The molecule has 1 atom stereocenters. The quantitative estimate of drug-likeness (QED) is 0.849. The lowest BCUT2D eigenvalue weighted by atomic mass is 10.1. The number of rotatable bonds is 3. The minimum atomic E-state index is 0.0679. The van der Waals surface area contributed by atoms with Crippen molar-refractivity contribution in [1.82, 2.24) is 4.98 Å². The standard InChI is InChI=1S/C13H21N3/c1-10(14)11-7-8-13(15-9-11)16(2)12-5-3-4-6-12/h7-10,12H,3-6,14H2,1-2H3/t10-/m1/s1. The van der Waals surface area contributed by atoms with E-state index in [-0.39, 0.29) is 6.04 Å². The first kappa shape index (κ1) is 11.4. The molecule has 1 aromatic heterocycles. The Labute approximate surface area is 97.7 Å². The maximum absolute atomic E-state index is 5.81. The minimum Gasteiger partial charge on any atom is -0.357 e. The zero-order chi connectivity index (χ0) is 11.5. The van der Waals surface area contributed by atoms with E-state index in [0.29, 0.717) is 6.04 Å². The molecule has 16 heavy (non-hydrogen) atoms. The van der Waals surface area contributed by atoms with Gasteiger partial charge in [-0.15, -0.1) is 0 Å². The Morgan fingerprint density at radius 2 is 2.06 bits per heavy atom. The van der Waals surface area contributed by atoms with Gasteiger partial charge in [-0.3, -0.25) is 0 Å². The van der Waals surface area contributed by atoms with Gasteiger partial charge in [0.1, 0.15) is 5.82 Å². The summed E-state index contributed by atoms with van der Waals surface area (Å²) in [5.41, 5.74) is 6.91. The van der Waals surface area contributed by atoms with Crippen LogP contribution in [0.15, 0.2) is 18.3 Å². The van der Waals surface area contributed by atoms with Crippen molar-refractivity contribution in [3.05, 3.63) is 23.9 Å². The third-order valence-corrected chi connectivity index (χ3v) is 3.53. The molecule has 0 radical (unpaired) electrons. The molecule has 1 aliphatic rings. The Balaban J connectivity index is 2.08. The van der Waals surface area contributed by atoms with Crippen LogP contribution in [0.1, 0.15) is 44.2 Å². The van der Waals surface area contributed by atoms with Gasteiger partial charge in [0.2, 0.25) is 0 Å². The van der Waals surface area contributed by atoms with Crippen molar-refractivity contribution in [2.75, 3.05) is 11.9 Å². The van der Waals surface area contributed by atoms with Gasteiger partial charge >= 0.3 is 0 Å². The Morgan fingerprint density at radius 1 is 1.38 bits per heavy atom. The van der Waals surface area contributed by atoms with Gasteiger partial charge in [-0.25, -0.2) is 4.98 Å². The predicted molar refractivity (Wildman–Crippen MR) is 67.5 cm³/mol. The van der Waals surface area contributed by atoms with Crippen LogP contribution >= 0.6 is 0 Å². The average Bonchev–Trinajstić information content (AvgIpc) is 2.81. The first-order valence-electron chi connectivity index (χ1n) is 6.13. The molecule has 1 aliphatic carbocycles. The summed E-state index contributed by atoms with van der Waals surface area (Å²) in [7, 11) is 2.14. The van der Waals surface area contributed by atoms with Crippen LogP contribution < -0.4 is 10.6 Å². The second kappa shape index (κ2) is 4.83. The van der Waals surface area contributed by atoms with E-state index in [1.807, 2.05) is 13.1 Å². The molecule has 88 valence electrons. The molecule has 0 saturated heterocycles. The fraction of sp³-hybridized carbons (Fsp3) is 0.615. The van der Waals surface area contributed by atoms with Crippen molar-refractivity contribution in [3.63, 3.8) is 0 Å². The average molecular weight is 219 g/mol. The van der Waals surface area contributed by atoms with Crippen LogP contribution in [-0.2, 0) is 0 Å². The summed E-state index contributed by atoms with van der Waals surface area (Å²) in [5, 5.41) is 0. The summed E-state index contributed by atoms with van der Waals surface area (Å²) in [6.45, 7) is 1.98. The van der Waals surface area contributed by atoms with E-state index in [1.165, 1.54) is 25.7 Å². The minimum absolute atomic E-state index is 0.0679. The van der Waals surface area contributed by atoms with Crippen molar-refractivity contribution in [2.45, 2.75) is 44.7 Å². The van der Waals surface area contributed by atoms with Crippen LogP contribution in [0, 0.1) is 0 Å². The van der Waals surface area contributed by atoms with Crippen LogP contribution in [0.2, 0.25) is 0 Å². The van der Waals surface area contributed by atoms with E-state index in [4.69, 9.17) is 5.73 Å². The third-order valence-electron chi connectivity index (χ3n) is 3.53. The molecule has 1 heterocycles. The molecule has 3 nitrogen and oxygen atoms in total. The van der Waals surface area contributed by atoms with Crippen molar-refractivity contribution < 1.29 is 0 Å². The molecule has 1 saturated carbocycles. The highest BCUT2D eigenvalue weighted by atomic mass is 15.2. The zero-order valence-electron chi connectivity index (χ0n) is 10.2. The summed E-state index contributed by atoms with van der Waals surface area (Å²) in [6.07, 6.45) is 7.20.